The van der Waals surface area contributed by atoms with E-state index in [-0.39, 0.29) is 0 Å². The summed E-state index contributed by atoms with van der Waals surface area (Å²) in [6, 6.07) is 18.7. The highest BCUT2D eigenvalue weighted by atomic mass is 19.1. The van der Waals surface area contributed by atoms with Crippen molar-refractivity contribution in [3.8, 4) is 0 Å². The first kappa shape index (κ1) is 10.5. The number of halogens is 1. The van der Waals surface area contributed by atoms with E-state index in [4.69, 9.17) is 5.73 Å². The Kier molecular flexibility index (Phi) is 2.10. The average molecular weight is 227 g/mol. The maximum Gasteiger partial charge on any atom is 0.160 e. The van der Waals surface area contributed by atoms with Crippen molar-refractivity contribution in [3.63, 3.8) is 0 Å². The van der Waals surface area contributed by atoms with Crippen LogP contribution >= 0.6 is 0 Å². The van der Waals surface area contributed by atoms with Crippen molar-refractivity contribution in [2.75, 3.05) is 0 Å². The lowest BCUT2D eigenvalue weighted by Crippen LogP contribution is -2.28. The largest absolute Gasteiger partial charge is 0.318 e. The number of hydrogen-bond acceptors (Lipinski definition) is 1. The number of nitrogens with two attached hydrogens (primary N) is 1. The van der Waals surface area contributed by atoms with Crippen molar-refractivity contribution in [2.45, 2.75) is 17.6 Å². The van der Waals surface area contributed by atoms with E-state index in [0.717, 1.165) is 5.56 Å². The third-order valence-corrected chi connectivity index (χ3v) is 3.62. The topological polar surface area (TPSA) is 26.0 Å². The van der Waals surface area contributed by atoms with Gasteiger partial charge in [0, 0.05) is 6.42 Å². The first-order valence-corrected chi connectivity index (χ1v) is 5.76. The first-order chi connectivity index (χ1) is 8.17. The van der Waals surface area contributed by atoms with E-state index in [2.05, 4.69) is 0 Å². The van der Waals surface area contributed by atoms with E-state index in [0.29, 0.717) is 12.0 Å². The van der Waals surface area contributed by atoms with Crippen molar-refractivity contribution >= 4 is 0 Å². The second-order valence-electron chi connectivity index (χ2n) is 4.68. The van der Waals surface area contributed by atoms with E-state index < -0.39 is 11.2 Å². The summed E-state index contributed by atoms with van der Waals surface area (Å²) in [6.45, 7) is 0. The predicted octanol–water partition coefficient (Wildman–Crippen LogP) is 3.11. The number of rotatable bonds is 2. The standard InChI is InChI=1S/C15H14FN/c16-14(12-7-3-1-4-8-12)11-15(14,17)13-9-5-2-6-10-13/h1-10H,11,17H2/t14-,15-/m0/s1. The molecule has 2 atom stereocenters. The fourth-order valence-corrected chi connectivity index (χ4v) is 2.47. The molecule has 2 N–H and O–H groups in total. The number of benzene rings is 2. The van der Waals surface area contributed by atoms with Crippen LogP contribution in [0.1, 0.15) is 17.5 Å². The quantitative estimate of drug-likeness (QED) is 0.838. The lowest BCUT2D eigenvalue weighted by Gasteiger charge is -2.16. The molecule has 0 amide bonds. The van der Waals surface area contributed by atoms with Crippen molar-refractivity contribution in [3.05, 3.63) is 71.8 Å². The van der Waals surface area contributed by atoms with Crippen LogP contribution in [0.25, 0.3) is 0 Å². The van der Waals surface area contributed by atoms with Crippen LogP contribution in [-0.4, -0.2) is 0 Å². The maximum atomic E-state index is 14.8. The summed E-state index contributed by atoms with van der Waals surface area (Å²) < 4.78 is 14.8. The van der Waals surface area contributed by atoms with Gasteiger partial charge in [-0.05, 0) is 11.1 Å². The lowest BCUT2D eigenvalue weighted by atomic mass is 9.98. The van der Waals surface area contributed by atoms with Gasteiger partial charge in [0.1, 0.15) is 0 Å². The molecule has 0 spiro atoms. The predicted molar refractivity (Wildman–Crippen MR) is 66.2 cm³/mol. The van der Waals surface area contributed by atoms with Gasteiger partial charge >= 0.3 is 0 Å². The van der Waals surface area contributed by atoms with Gasteiger partial charge in [-0.15, -0.1) is 0 Å². The second-order valence-corrected chi connectivity index (χ2v) is 4.68. The third kappa shape index (κ3) is 1.41. The Hall–Kier alpha value is -1.67. The van der Waals surface area contributed by atoms with Gasteiger partial charge in [-0.25, -0.2) is 4.39 Å². The molecule has 0 saturated heterocycles. The van der Waals surface area contributed by atoms with E-state index in [1.807, 2.05) is 48.5 Å². The highest BCUT2D eigenvalue weighted by Gasteiger charge is 2.68. The van der Waals surface area contributed by atoms with Gasteiger partial charge < -0.3 is 5.73 Å². The van der Waals surface area contributed by atoms with Gasteiger partial charge in [0.2, 0.25) is 0 Å². The Balaban J connectivity index is 2.00. The SMILES string of the molecule is N[C@]1(c2ccccc2)C[C@]1(F)c1ccccc1. The molecule has 0 heterocycles. The van der Waals surface area contributed by atoms with Gasteiger partial charge in [0.15, 0.2) is 5.67 Å². The van der Waals surface area contributed by atoms with Gasteiger partial charge in [-0.1, -0.05) is 60.7 Å². The minimum Gasteiger partial charge on any atom is -0.318 e. The minimum absolute atomic E-state index is 0.355. The van der Waals surface area contributed by atoms with Gasteiger partial charge in [-0.3, -0.25) is 0 Å². The second kappa shape index (κ2) is 3.41. The summed E-state index contributed by atoms with van der Waals surface area (Å²) >= 11 is 0. The van der Waals surface area contributed by atoms with Crippen LogP contribution in [-0.2, 0) is 11.2 Å². The molecule has 2 aromatic carbocycles. The van der Waals surface area contributed by atoms with Crippen molar-refractivity contribution in [2.24, 2.45) is 5.73 Å². The molecule has 17 heavy (non-hydrogen) atoms. The van der Waals surface area contributed by atoms with Crippen molar-refractivity contribution in [1.29, 1.82) is 0 Å². The molecular weight excluding hydrogens is 213 g/mol. The molecule has 3 rings (SSSR count). The molecule has 0 aromatic heterocycles. The Labute approximate surface area is 100 Å². The normalized spacial score (nSPS) is 31.2. The van der Waals surface area contributed by atoms with Crippen LogP contribution in [0.3, 0.4) is 0 Å². The summed E-state index contributed by atoms with van der Waals surface area (Å²) in [7, 11) is 0. The molecule has 2 heteroatoms. The molecule has 1 saturated carbocycles. The highest BCUT2D eigenvalue weighted by Crippen LogP contribution is 2.62. The number of alkyl halides is 1. The summed E-state index contributed by atoms with van der Waals surface area (Å²) in [5.41, 5.74) is 5.46. The lowest BCUT2D eigenvalue weighted by molar-refractivity contribution is 0.270. The highest BCUT2D eigenvalue weighted by molar-refractivity contribution is 5.44. The average Bonchev–Trinajstić information content (AvgIpc) is 2.97. The molecule has 1 aliphatic carbocycles. The van der Waals surface area contributed by atoms with Crippen LogP contribution in [0.4, 0.5) is 4.39 Å². The third-order valence-electron chi connectivity index (χ3n) is 3.62. The zero-order valence-corrected chi connectivity index (χ0v) is 9.44. The molecule has 0 unspecified atom stereocenters. The molecule has 0 aliphatic heterocycles. The van der Waals surface area contributed by atoms with Gasteiger partial charge in [0.05, 0.1) is 5.54 Å². The molecule has 2 aromatic rings. The molecule has 1 nitrogen and oxygen atoms in total. The zero-order valence-electron chi connectivity index (χ0n) is 9.44. The Morgan fingerprint density at radius 2 is 1.29 bits per heavy atom. The fourth-order valence-electron chi connectivity index (χ4n) is 2.47. The van der Waals surface area contributed by atoms with Crippen molar-refractivity contribution in [1.82, 2.24) is 0 Å². The summed E-state index contributed by atoms with van der Waals surface area (Å²) in [5.74, 6) is 0. The molecule has 1 aliphatic rings. The number of hydrogen-bond donors (Lipinski definition) is 1. The zero-order chi connectivity index (χ0) is 11.9. The van der Waals surface area contributed by atoms with Crippen LogP contribution < -0.4 is 5.73 Å². The van der Waals surface area contributed by atoms with Crippen LogP contribution in [0, 0.1) is 0 Å². The summed E-state index contributed by atoms with van der Waals surface area (Å²) in [4.78, 5) is 0. The van der Waals surface area contributed by atoms with E-state index in [1.165, 1.54) is 0 Å². The molecule has 86 valence electrons. The summed E-state index contributed by atoms with van der Waals surface area (Å²) in [6.07, 6.45) is 0.355. The van der Waals surface area contributed by atoms with Crippen LogP contribution in [0.2, 0.25) is 0 Å². The van der Waals surface area contributed by atoms with Crippen LogP contribution in [0.15, 0.2) is 60.7 Å². The Morgan fingerprint density at radius 1 is 0.824 bits per heavy atom. The van der Waals surface area contributed by atoms with E-state index in [1.54, 1.807) is 12.1 Å². The first-order valence-electron chi connectivity index (χ1n) is 5.76. The maximum absolute atomic E-state index is 14.8. The van der Waals surface area contributed by atoms with E-state index >= 15 is 0 Å². The summed E-state index contributed by atoms with van der Waals surface area (Å²) in [5, 5.41) is 0. The molecule has 1 fully saturated rings. The smallest absolute Gasteiger partial charge is 0.160 e. The molecular formula is C15H14FN. The van der Waals surface area contributed by atoms with E-state index in [9.17, 15) is 4.39 Å². The van der Waals surface area contributed by atoms with Crippen LogP contribution in [0.5, 0.6) is 0 Å². The Bertz CT molecular complexity index is 476. The van der Waals surface area contributed by atoms with Gasteiger partial charge in [0.25, 0.3) is 0 Å². The molecule has 0 radical (unpaired) electrons. The van der Waals surface area contributed by atoms with Gasteiger partial charge in [-0.2, -0.15) is 0 Å². The Morgan fingerprint density at radius 3 is 1.82 bits per heavy atom. The monoisotopic (exact) mass is 227 g/mol. The fraction of sp³-hybridized carbons (Fsp3) is 0.200. The minimum atomic E-state index is -1.42. The molecule has 0 bridgehead atoms. The van der Waals surface area contributed by atoms with Crippen molar-refractivity contribution < 1.29 is 4.39 Å².